The fraction of sp³-hybridized carbons (Fsp3) is 0.692. The first-order valence-electron chi connectivity index (χ1n) is 6.60. The van der Waals surface area contributed by atoms with Gasteiger partial charge < -0.3 is 5.11 Å². The highest BCUT2D eigenvalue weighted by atomic mass is 32.2. The Kier molecular flexibility index (Phi) is 4.86. The van der Waals surface area contributed by atoms with Crippen LogP contribution in [0, 0.1) is 6.92 Å². The standard InChI is InChI=1S/C13H21NO3S3/c1-10-12(8-11(9-15)19-10)20(16,17)14-5-4-13(2,3)18-7-6-14/h8,15H,4-7,9H2,1-3H3. The van der Waals surface area contributed by atoms with E-state index in [1.807, 2.05) is 11.8 Å². The summed E-state index contributed by atoms with van der Waals surface area (Å²) >= 11 is 3.18. The molecule has 0 spiro atoms. The molecule has 20 heavy (non-hydrogen) atoms. The van der Waals surface area contributed by atoms with Gasteiger partial charge in [-0.1, -0.05) is 13.8 Å². The van der Waals surface area contributed by atoms with Crippen molar-refractivity contribution < 1.29 is 13.5 Å². The Morgan fingerprint density at radius 2 is 2.10 bits per heavy atom. The van der Waals surface area contributed by atoms with Crippen molar-refractivity contribution in [2.75, 3.05) is 18.8 Å². The Labute approximate surface area is 129 Å². The van der Waals surface area contributed by atoms with Gasteiger partial charge in [-0.15, -0.1) is 11.3 Å². The molecule has 2 heterocycles. The fourth-order valence-electron chi connectivity index (χ4n) is 2.24. The minimum Gasteiger partial charge on any atom is -0.391 e. The van der Waals surface area contributed by atoms with Crippen LogP contribution < -0.4 is 0 Å². The summed E-state index contributed by atoms with van der Waals surface area (Å²) in [6, 6.07) is 1.61. The van der Waals surface area contributed by atoms with Crippen LogP contribution in [0.3, 0.4) is 0 Å². The molecule has 0 radical (unpaired) electrons. The van der Waals surface area contributed by atoms with Gasteiger partial charge in [0.05, 0.1) is 11.5 Å². The molecule has 114 valence electrons. The van der Waals surface area contributed by atoms with E-state index < -0.39 is 10.0 Å². The van der Waals surface area contributed by atoms with Gasteiger partial charge in [-0.3, -0.25) is 0 Å². The maximum absolute atomic E-state index is 12.7. The molecular formula is C13H21NO3S3. The second-order valence-corrected chi connectivity index (χ2v) is 10.6. The Hall–Kier alpha value is -0.0800. The SMILES string of the molecule is Cc1sc(CO)cc1S(=O)(=O)N1CCSC(C)(C)CC1. The van der Waals surface area contributed by atoms with Gasteiger partial charge in [-0.25, -0.2) is 8.42 Å². The highest BCUT2D eigenvalue weighted by Crippen LogP contribution is 2.34. The number of aliphatic hydroxyl groups excluding tert-OH is 1. The second kappa shape index (κ2) is 5.96. The molecule has 1 aliphatic rings. The van der Waals surface area contributed by atoms with Gasteiger partial charge in [0.25, 0.3) is 0 Å². The summed E-state index contributed by atoms with van der Waals surface area (Å²) in [4.78, 5) is 1.81. The lowest BCUT2D eigenvalue weighted by atomic mass is 10.1. The molecule has 0 aromatic carbocycles. The number of nitrogens with zero attached hydrogens (tertiary/aromatic N) is 1. The van der Waals surface area contributed by atoms with Crippen LogP contribution in [0.1, 0.15) is 30.0 Å². The van der Waals surface area contributed by atoms with Gasteiger partial charge in [0, 0.05) is 33.3 Å². The summed E-state index contributed by atoms with van der Waals surface area (Å²) in [6.45, 7) is 7.13. The minimum absolute atomic E-state index is 0.107. The fourth-order valence-corrected chi connectivity index (χ4v) is 6.36. The normalized spacial score (nSPS) is 20.8. The molecule has 0 amide bonds. The van der Waals surface area contributed by atoms with Crippen LogP contribution in [0.15, 0.2) is 11.0 Å². The molecule has 2 rings (SSSR count). The van der Waals surface area contributed by atoms with Crippen LogP contribution in [0.2, 0.25) is 0 Å². The third-order valence-electron chi connectivity index (χ3n) is 3.49. The van der Waals surface area contributed by atoms with Crippen molar-refractivity contribution in [3.63, 3.8) is 0 Å². The zero-order valence-corrected chi connectivity index (χ0v) is 14.5. The molecule has 1 N–H and O–H groups in total. The molecule has 7 heteroatoms. The van der Waals surface area contributed by atoms with Gasteiger partial charge >= 0.3 is 0 Å². The molecule has 0 saturated carbocycles. The van der Waals surface area contributed by atoms with E-state index in [2.05, 4.69) is 13.8 Å². The van der Waals surface area contributed by atoms with Crippen molar-refractivity contribution in [2.45, 2.75) is 43.4 Å². The van der Waals surface area contributed by atoms with Gasteiger partial charge in [0.15, 0.2) is 0 Å². The average molecular weight is 336 g/mol. The van der Waals surface area contributed by atoms with Crippen molar-refractivity contribution in [3.8, 4) is 0 Å². The van der Waals surface area contributed by atoms with Crippen molar-refractivity contribution in [1.29, 1.82) is 0 Å². The van der Waals surface area contributed by atoms with Crippen LogP contribution in [0.25, 0.3) is 0 Å². The summed E-state index contributed by atoms with van der Waals surface area (Å²) in [6.07, 6.45) is 0.854. The lowest BCUT2D eigenvalue weighted by molar-refractivity contribution is 0.285. The molecule has 0 atom stereocenters. The molecule has 1 fully saturated rings. The zero-order valence-electron chi connectivity index (χ0n) is 12.0. The van der Waals surface area contributed by atoms with E-state index in [1.54, 1.807) is 17.3 Å². The molecule has 1 aromatic rings. The molecule has 0 bridgehead atoms. The maximum atomic E-state index is 12.7. The Morgan fingerprint density at radius 1 is 1.40 bits per heavy atom. The molecule has 0 unspecified atom stereocenters. The van der Waals surface area contributed by atoms with E-state index >= 15 is 0 Å². The highest BCUT2D eigenvalue weighted by Gasteiger charge is 2.32. The highest BCUT2D eigenvalue weighted by molar-refractivity contribution is 8.00. The largest absolute Gasteiger partial charge is 0.391 e. The van der Waals surface area contributed by atoms with Crippen LogP contribution >= 0.6 is 23.1 Å². The van der Waals surface area contributed by atoms with Gasteiger partial charge in [-0.05, 0) is 19.4 Å². The third kappa shape index (κ3) is 3.39. The zero-order chi connectivity index (χ0) is 15.0. The van der Waals surface area contributed by atoms with Crippen molar-refractivity contribution >= 4 is 33.1 Å². The van der Waals surface area contributed by atoms with Crippen LogP contribution in [-0.4, -0.2) is 41.4 Å². The first-order chi connectivity index (χ1) is 9.26. The smallest absolute Gasteiger partial charge is 0.244 e. The summed E-state index contributed by atoms with van der Waals surface area (Å²) in [5.41, 5.74) is 0. The average Bonchev–Trinajstić information content (AvgIpc) is 2.64. The number of sulfonamides is 1. The first kappa shape index (κ1) is 16.3. The maximum Gasteiger partial charge on any atom is 0.244 e. The van der Waals surface area contributed by atoms with E-state index in [4.69, 9.17) is 5.11 Å². The number of aryl methyl sites for hydroxylation is 1. The predicted molar refractivity (Wildman–Crippen MR) is 84.9 cm³/mol. The number of hydrogen-bond acceptors (Lipinski definition) is 5. The number of aliphatic hydroxyl groups is 1. The van der Waals surface area contributed by atoms with Crippen LogP contribution in [-0.2, 0) is 16.6 Å². The summed E-state index contributed by atoms with van der Waals surface area (Å²) < 4.78 is 27.2. The molecule has 1 aromatic heterocycles. The molecular weight excluding hydrogens is 314 g/mol. The van der Waals surface area contributed by atoms with Crippen molar-refractivity contribution in [1.82, 2.24) is 4.31 Å². The lowest BCUT2D eigenvalue weighted by Gasteiger charge is -2.22. The van der Waals surface area contributed by atoms with E-state index in [1.165, 1.54) is 11.3 Å². The van der Waals surface area contributed by atoms with E-state index in [0.29, 0.717) is 22.9 Å². The number of hydrogen-bond donors (Lipinski definition) is 1. The van der Waals surface area contributed by atoms with Gasteiger partial charge in [-0.2, -0.15) is 16.1 Å². The summed E-state index contributed by atoms with van der Waals surface area (Å²) in [7, 11) is -3.44. The Balaban J connectivity index is 2.28. The van der Waals surface area contributed by atoms with Gasteiger partial charge in [0.1, 0.15) is 0 Å². The predicted octanol–water partition coefficient (Wildman–Crippen LogP) is 2.46. The van der Waals surface area contributed by atoms with E-state index in [-0.39, 0.29) is 11.4 Å². The minimum atomic E-state index is -3.44. The first-order valence-corrected chi connectivity index (χ1v) is 9.85. The quantitative estimate of drug-likeness (QED) is 0.922. The van der Waals surface area contributed by atoms with Crippen molar-refractivity contribution in [3.05, 3.63) is 15.8 Å². The Morgan fingerprint density at radius 3 is 2.70 bits per heavy atom. The molecule has 4 nitrogen and oxygen atoms in total. The third-order valence-corrected chi connectivity index (χ3v) is 8.06. The second-order valence-electron chi connectivity index (χ2n) is 5.55. The van der Waals surface area contributed by atoms with Crippen LogP contribution in [0.4, 0.5) is 0 Å². The number of thiophene rings is 1. The molecule has 1 aliphatic heterocycles. The van der Waals surface area contributed by atoms with E-state index in [0.717, 1.165) is 17.1 Å². The Bertz CT molecular complexity index is 578. The van der Waals surface area contributed by atoms with Gasteiger partial charge in [0.2, 0.25) is 10.0 Å². The monoisotopic (exact) mass is 335 g/mol. The summed E-state index contributed by atoms with van der Waals surface area (Å²) in [5.74, 6) is 0.822. The van der Waals surface area contributed by atoms with Crippen LogP contribution in [0.5, 0.6) is 0 Å². The van der Waals surface area contributed by atoms with E-state index in [9.17, 15) is 8.42 Å². The molecule has 1 saturated heterocycles. The number of rotatable bonds is 3. The molecule has 0 aliphatic carbocycles. The topological polar surface area (TPSA) is 57.6 Å². The number of thioether (sulfide) groups is 1. The van der Waals surface area contributed by atoms with Crippen molar-refractivity contribution in [2.24, 2.45) is 0 Å². The lowest BCUT2D eigenvalue weighted by Crippen LogP contribution is -2.33. The summed E-state index contributed by atoms with van der Waals surface area (Å²) in [5, 5.41) is 9.16.